The molecule has 2 aromatic rings. The van der Waals surface area contributed by atoms with Gasteiger partial charge >= 0.3 is 0 Å². The van der Waals surface area contributed by atoms with Crippen molar-refractivity contribution in [2.75, 3.05) is 5.32 Å². The molecule has 5 nitrogen and oxygen atoms in total. The number of aromatic nitrogens is 3. The molecule has 0 unspecified atom stereocenters. The Morgan fingerprint density at radius 1 is 1.39 bits per heavy atom. The molecule has 18 heavy (non-hydrogen) atoms. The molecule has 1 aromatic carbocycles. The summed E-state index contributed by atoms with van der Waals surface area (Å²) in [5, 5.41) is 8.12. The summed E-state index contributed by atoms with van der Waals surface area (Å²) in [5.74, 6) is -2.32. The highest BCUT2D eigenvalue weighted by Crippen LogP contribution is 2.23. The molecular weight excluding hydrogens is 310 g/mol. The van der Waals surface area contributed by atoms with Gasteiger partial charge in [0.1, 0.15) is 11.5 Å². The highest BCUT2D eigenvalue weighted by Gasteiger charge is 2.17. The molecule has 0 aliphatic rings. The van der Waals surface area contributed by atoms with E-state index in [9.17, 15) is 13.6 Å². The van der Waals surface area contributed by atoms with Gasteiger partial charge in [-0.05, 0) is 19.1 Å². The summed E-state index contributed by atoms with van der Waals surface area (Å²) in [5.41, 5.74) is -0.536. The molecule has 1 heterocycles. The normalized spacial score (nSPS) is 10.4. The number of rotatable bonds is 2. The third kappa shape index (κ3) is 2.53. The topological polar surface area (TPSA) is 70.7 Å². The van der Waals surface area contributed by atoms with Crippen LogP contribution in [-0.2, 0) is 0 Å². The predicted octanol–water partition coefficient (Wildman–Crippen LogP) is 2.41. The van der Waals surface area contributed by atoms with E-state index < -0.39 is 23.2 Å². The molecule has 1 amide bonds. The lowest BCUT2D eigenvalue weighted by molar-refractivity contribution is 0.101. The van der Waals surface area contributed by atoms with Crippen molar-refractivity contribution >= 4 is 27.5 Å². The van der Waals surface area contributed by atoms with Gasteiger partial charge in [-0.15, -0.1) is 5.10 Å². The highest BCUT2D eigenvalue weighted by molar-refractivity contribution is 9.10. The van der Waals surface area contributed by atoms with E-state index in [1.165, 1.54) is 0 Å². The molecule has 0 bridgehead atoms. The van der Waals surface area contributed by atoms with Crippen molar-refractivity contribution in [1.29, 1.82) is 0 Å². The second-order valence-electron chi connectivity index (χ2n) is 3.44. The number of hydrogen-bond acceptors (Lipinski definition) is 3. The summed E-state index contributed by atoms with van der Waals surface area (Å²) in [6.07, 6.45) is 0. The first kappa shape index (κ1) is 12.6. The molecule has 0 atom stereocenters. The molecule has 8 heteroatoms. The van der Waals surface area contributed by atoms with Gasteiger partial charge in [0.05, 0.1) is 0 Å². The first-order valence-corrected chi connectivity index (χ1v) is 5.61. The number of aromatic amines is 1. The Hall–Kier alpha value is -1.83. The Morgan fingerprint density at radius 3 is 2.50 bits per heavy atom. The van der Waals surface area contributed by atoms with Gasteiger partial charge < -0.3 is 5.32 Å². The lowest BCUT2D eigenvalue weighted by Crippen LogP contribution is -2.16. The molecule has 0 aliphatic heterocycles. The summed E-state index contributed by atoms with van der Waals surface area (Å²) >= 11 is 2.94. The number of H-pyrrole nitrogens is 1. The van der Waals surface area contributed by atoms with E-state index in [4.69, 9.17) is 0 Å². The van der Waals surface area contributed by atoms with Crippen LogP contribution < -0.4 is 5.32 Å². The van der Waals surface area contributed by atoms with E-state index in [2.05, 4.69) is 36.4 Å². The summed E-state index contributed by atoms with van der Waals surface area (Å²) < 4.78 is 27.2. The van der Waals surface area contributed by atoms with Gasteiger partial charge in [-0.1, -0.05) is 15.9 Å². The third-order valence-electron chi connectivity index (χ3n) is 2.05. The summed E-state index contributed by atoms with van der Waals surface area (Å²) in [6.45, 7) is 1.60. The van der Waals surface area contributed by atoms with Crippen LogP contribution in [0.5, 0.6) is 0 Å². The molecular formula is C10H7BrF2N4O. The Bertz CT molecular complexity index is 591. The summed E-state index contributed by atoms with van der Waals surface area (Å²) in [7, 11) is 0. The zero-order valence-electron chi connectivity index (χ0n) is 9.09. The molecule has 94 valence electrons. The minimum absolute atomic E-state index is 0.186. The molecule has 0 fully saturated rings. The zero-order valence-corrected chi connectivity index (χ0v) is 10.7. The van der Waals surface area contributed by atoms with Crippen LogP contribution in [0.4, 0.5) is 14.5 Å². The second-order valence-corrected chi connectivity index (χ2v) is 4.36. The van der Waals surface area contributed by atoms with Crippen molar-refractivity contribution in [2.45, 2.75) is 6.92 Å². The van der Waals surface area contributed by atoms with Crippen molar-refractivity contribution in [2.24, 2.45) is 0 Å². The smallest absolute Gasteiger partial charge is 0.295 e. The number of amides is 1. The largest absolute Gasteiger partial charge is 0.314 e. The molecule has 0 radical (unpaired) electrons. The predicted molar refractivity (Wildman–Crippen MR) is 63.1 cm³/mol. The Morgan fingerprint density at radius 2 is 2.00 bits per heavy atom. The van der Waals surface area contributed by atoms with Gasteiger partial charge in [0.2, 0.25) is 5.82 Å². The van der Waals surface area contributed by atoms with Crippen LogP contribution in [0.1, 0.15) is 16.4 Å². The number of aryl methyl sites for hydroxylation is 1. The van der Waals surface area contributed by atoms with Gasteiger partial charge in [-0.25, -0.2) is 13.8 Å². The minimum atomic E-state index is -0.887. The zero-order chi connectivity index (χ0) is 13.3. The number of halogens is 3. The second kappa shape index (κ2) is 4.81. The van der Waals surface area contributed by atoms with Crippen LogP contribution in [0.25, 0.3) is 0 Å². The van der Waals surface area contributed by atoms with Crippen LogP contribution in [0, 0.1) is 18.6 Å². The van der Waals surface area contributed by atoms with E-state index in [0.29, 0.717) is 5.82 Å². The molecule has 0 spiro atoms. The fourth-order valence-corrected chi connectivity index (χ4v) is 1.68. The minimum Gasteiger partial charge on any atom is -0.314 e. The first-order valence-electron chi connectivity index (χ1n) is 4.82. The van der Waals surface area contributed by atoms with Crippen molar-refractivity contribution < 1.29 is 13.6 Å². The summed E-state index contributed by atoms with van der Waals surface area (Å²) in [4.78, 5) is 15.4. The number of nitrogens with zero attached hydrogens (tertiary/aromatic N) is 2. The average molecular weight is 317 g/mol. The van der Waals surface area contributed by atoms with Crippen molar-refractivity contribution in [3.8, 4) is 0 Å². The number of carbonyl (C=O) groups is 1. The van der Waals surface area contributed by atoms with E-state index >= 15 is 0 Å². The van der Waals surface area contributed by atoms with Crippen LogP contribution in [-0.4, -0.2) is 21.1 Å². The van der Waals surface area contributed by atoms with Gasteiger partial charge in [0.25, 0.3) is 5.91 Å². The van der Waals surface area contributed by atoms with Crippen LogP contribution in [0.2, 0.25) is 0 Å². The van der Waals surface area contributed by atoms with Crippen LogP contribution in [0.15, 0.2) is 16.6 Å². The van der Waals surface area contributed by atoms with Crippen LogP contribution in [0.3, 0.4) is 0 Å². The van der Waals surface area contributed by atoms with Gasteiger partial charge in [0.15, 0.2) is 11.6 Å². The monoisotopic (exact) mass is 316 g/mol. The lowest BCUT2D eigenvalue weighted by Gasteiger charge is -2.06. The van der Waals surface area contributed by atoms with Crippen molar-refractivity contribution in [3.63, 3.8) is 0 Å². The fourth-order valence-electron chi connectivity index (χ4n) is 1.28. The van der Waals surface area contributed by atoms with Crippen LogP contribution >= 0.6 is 15.9 Å². The number of hydrogen-bond donors (Lipinski definition) is 2. The van der Waals surface area contributed by atoms with Crippen molar-refractivity contribution in [1.82, 2.24) is 15.2 Å². The van der Waals surface area contributed by atoms with Gasteiger partial charge in [-0.2, -0.15) is 0 Å². The fraction of sp³-hybridized carbons (Fsp3) is 0.100. The van der Waals surface area contributed by atoms with Crippen molar-refractivity contribution in [3.05, 3.63) is 39.9 Å². The maximum absolute atomic E-state index is 13.5. The highest BCUT2D eigenvalue weighted by atomic mass is 79.9. The molecule has 2 rings (SSSR count). The molecule has 2 N–H and O–H groups in total. The molecule has 1 aromatic heterocycles. The lowest BCUT2D eigenvalue weighted by atomic mass is 10.3. The maximum atomic E-state index is 13.5. The number of nitrogens with one attached hydrogen (secondary N) is 2. The Labute approximate surface area is 109 Å². The summed E-state index contributed by atoms with van der Waals surface area (Å²) in [6, 6.07) is 2.09. The molecule has 0 saturated heterocycles. The van der Waals surface area contributed by atoms with Gasteiger partial charge in [0, 0.05) is 4.47 Å². The van der Waals surface area contributed by atoms with Gasteiger partial charge in [-0.3, -0.25) is 9.89 Å². The quantitative estimate of drug-likeness (QED) is 0.893. The molecule has 0 aliphatic carbocycles. The van der Waals surface area contributed by atoms with E-state index in [-0.39, 0.29) is 10.3 Å². The maximum Gasteiger partial charge on any atom is 0.295 e. The molecule has 0 saturated carbocycles. The average Bonchev–Trinajstić information content (AvgIpc) is 2.70. The van der Waals surface area contributed by atoms with E-state index in [1.807, 2.05) is 0 Å². The first-order chi connectivity index (χ1) is 8.47. The SMILES string of the molecule is Cc1nc(C(=O)Nc2c(F)cc(Br)cc2F)n[nH]1. The standard InChI is InChI=1S/C10H7BrF2N4O/c1-4-14-9(17-16-4)10(18)15-8-6(12)2-5(11)3-7(8)13/h2-3H,1H3,(H,15,18)(H,14,16,17). The Kier molecular flexibility index (Phi) is 3.37. The van der Waals surface area contributed by atoms with E-state index in [1.54, 1.807) is 6.92 Å². The van der Waals surface area contributed by atoms with E-state index in [0.717, 1.165) is 12.1 Å². The Balaban J connectivity index is 2.27. The number of anilines is 1. The number of benzene rings is 1. The third-order valence-corrected chi connectivity index (χ3v) is 2.50. The number of carbonyl (C=O) groups excluding carboxylic acids is 1.